The van der Waals surface area contributed by atoms with Gasteiger partial charge in [0.25, 0.3) is 0 Å². The van der Waals surface area contributed by atoms with E-state index in [1.54, 1.807) is 12.1 Å². The quantitative estimate of drug-likeness (QED) is 0.419. The van der Waals surface area contributed by atoms with E-state index in [0.717, 1.165) is 32.1 Å². The van der Waals surface area contributed by atoms with Crippen LogP contribution in [0.25, 0.3) is 0 Å². The number of aromatic hydroxyl groups is 1. The molecular formula is C24H27NO6. The number of rotatable bonds is 8. The zero-order valence-corrected chi connectivity index (χ0v) is 17.5. The summed E-state index contributed by atoms with van der Waals surface area (Å²) in [5.41, 5.74) is -0.358. The van der Waals surface area contributed by atoms with E-state index in [1.165, 1.54) is 19.2 Å². The van der Waals surface area contributed by atoms with E-state index in [-0.39, 0.29) is 29.2 Å². The highest BCUT2D eigenvalue weighted by Crippen LogP contribution is 2.43. The Hall–Kier alpha value is -3.35. The minimum atomic E-state index is -1.31. The molecule has 0 aromatic heterocycles. The van der Waals surface area contributed by atoms with Crippen LogP contribution in [0.5, 0.6) is 11.5 Å². The van der Waals surface area contributed by atoms with Gasteiger partial charge in [-0.1, -0.05) is 49.6 Å². The minimum absolute atomic E-state index is 0.0638. The molecule has 164 valence electrons. The summed E-state index contributed by atoms with van der Waals surface area (Å²) in [7, 11) is 1.36. The first-order valence-electron chi connectivity index (χ1n) is 10.4. The fraction of sp³-hybridized carbons (Fsp3) is 0.375. The maximum atomic E-state index is 13.3. The Kier molecular flexibility index (Phi) is 6.95. The SMILES string of the molecule is COc1ccc(C(=O)O)c(O)c1NC(=O)CCC1(C(=O)c2ccccc2)CCCCC1. The van der Waals surface area contributed by atoms with Crippen molar-refractivity contribution in [2.24, 2.45) is 5.41 Å². The van der Waals surface area contributed by atoms with Gasteiger partial charge in [0.2, 0.25) is 5.91 Å². The lowest BCUT2D eigenvalue weighted by Crippen LogP contribution is -2.34. The molecule has 0 heterocycles. The van der Waals surface area contributed by atoms with E-state index in [2.05, 4.69) is 5.32 Å². The van der Waals surface area contributed by atoms with Crippen molar-refractivity contribution in [3.05, 3.63) is 53.6 Å². The first-order chi connectivity index (χ1) is 14.9. The van der Waals surface area contributed by atoms with Gasteiger partial charge in [0.15, 0.2) is 11.5 Å². The van der Waals surface area contributed by atoms with Crippen LogP contribution < -0.4 is 10.1 Å². The molecule has 0 radical (unpaired) electrons. The van der Waals surface area contributed by atoms with E-state index in [4.69, 9.17) is 4.74 Å². The first kappa shape index (κ1) is 22.3. The van der Waals surface area contributed by atoms with Gasteiger partial charge >= 0.3 is 5.97 Å². The molecule has 0 spiro atoms. The van der Waals surface area contributed by atoms with Crippen molar-refractivity contribution in [2.75, 3.05) is 12.4 Å². The van der Waals surface area contributed by atoms with Crippen molar-refractivity contribution < 1.29 is 29.3 Å². The Morgan fingerprint density at radius 2 is 1.71 bits per heavy atom. The molecule has 0 unspecified atom stereocenters. The van der Waals surface area contributed by atoms with E-state index < -0.39 is 23.0 Å². The number of amides is 1. The zero-order valence-electron chi connectivity index (χ0n) is 17.5. The zero-order chi connectivity index (χ0) is 22.4. The van der Waals surface area contributed by atoms with Crippen LogP contribution in [0, 0.1) is 5.41 Å². The Balaban J connectivity index is 1.77. The van der Waals surface area contributed by atoms with Gasteiger partial charge in [0.05, 0.1) is 7.11 Å². The predicted molar refractivity (Wildman–Crippen MR) is 116 cm³/mol. The molecule has 1 aliphatic rings. The third-order valence-electron chi connectivity index (χ3n) is 6.01. The highest BCUT2D eigenvalue weighted by atomic mass is 16.5. The third-order valence-corrected chi connectivity index (χ3v) is 6.01. The van der Waals surface area contributed by atoms with Gasteiger partial charge in [-0.3, -0.25) is 9.59 Å². The van der Waals surface area contributed by atoms with Gasteiger partial charge < -0.3 is 20.3 Å². The number of methoxy groups -OCH3 is 1. The number of carbonyl (C=O) groups is 3. The molecule has 0 atom stereocenters. The number of carboxylic acids is 1. The number of phenols is 1. The smallest absolute Gasteiger partial charge is 0.339 e. The van der Waals surface area contributed by atoms with Gasteiger partial charge in [-0.25, -0.2) is 4.79 Å². The molecule has 0 saturated heterocycles. The van der Waals surface area contributed by atoms with Crippen molar-refractivity contribution in [3.8, 4) is 11.5 Å². The van der Waals surface area contributed by atoms with Crippen LogP contribution in [-0.4, -0.2) is 35.0 Å². The fourth-order valence-corrected chi connectivity index (χ4v) is 4.31. The topological polar surface area (TPSA) is 113 Å². The fourth-order valence-electron chi connectivity index (χ4n) is 4.31. The molecule has 0 aliphatic heterocycles. The molecule has 7 nitrogen and oxygen atoms in total. The molecule has 31 heavy (non-hydrogen) atoms. The lowest BCUT2D eigenvalue weighted by molar-refractivity contribution is -0.116. The van der Waals surface area contributed by atoms with Crippen LogP contribution in [0.4, 0.5) is 5.69 Å². The van der Waals surface area contributed by atoms with Crippen molar-refractivity contribution in [1.82, 2.24) is 0 Å². The summed E-state index contributed by atoms with van der Waals surface area (Å²) in [6.07, 6.45) is 4.87. The monoisotopic (exact) mass is 425 g/mol. The number of ether oxygens (including phenoxy) is 1. The number of ketones is 1. The number of nitrogens with one attached hydrogen (secondary N) is 1. The Morgan fingerprint density at radius 3 is 2.32 bits per heavy atom. The second-order valence-corrected chi connectivity index (χ2v) is 7.93. The Labute approximate surface area is 181 Å². The van der Waals surface area contributed by atoms with Crippen molar-refractivity contribution in [3.63, 3.8) is 0 Å². The molecule has 7 heteroatoms. The Bertz CT molecular complexity index is 964. The minimum Gasteiger partial charge on any atom is -0.505 e. The van der Waals surface area contributed by atoms with Crippen LogP contribution in [-0.2, 0) is 4.79 Å². The second-order valence-electron chi connectivity index (χ2n) is 7.93. The molecule has 1 amide bonds. The predicted octanol–water partition coefficient (Wildman–Crippen LogP) is 4.65. The molecule has 2 aromatic rings. The summed E-state index contributed by atoms with van der Waals surface area (Å²) < 4.78 is 5.15. The standard InChI is InChI=1S/C24H27NO6/c1-31-18-11-10-17(23(29)30)21(27)20(18)25-19(26)12-15-24(13-6-3-7-14-24)22(28)16-8-4-2-5-9-16/h2,4-5,8-11,27H,3,6-7,12-15H2,1H3,(H,25,26)(H,29,30). The van der Waals surface area contributed by atoms with Crippen molar-refractivity contribution in [1.29, 1.82) is 0 Å². The van der Waals surface area contributed by atoms with Crippen LogP contribution >= 0.6 is 0 Å². The van der Waals surface area contributed by atoms with Gasteiger partial charge in [-0.15, -0.1) is 0 Å². The van der Waals surface area contributed by atoms with E-state index in [0.29, 0.717) is 12.0 Å². The average molecular weight is 425 g/mol. The van der Waals surface area contributed by atoms with E-state index in [9.17, 15) is 24.6 Å². The third kappa shape index (κ3) is 4.87. The molecule has 2 aromatic carbocycles. The van der Waals surface area contributed by atoms with Gasteiger partial charge in [0.1, 0.15) is 17.0 Å². The van der Waals surface area contributed by atoms with Gasteiger partial charge in [-0.2, -0.15) is 0 Å². The maximum Gasteiger partial charge on any atom is 0.339 e. The number of carbonyl (C=O) groups excluding carboxylic acids is 2. The summed E-state index contributed by atoms with van der Waals surface area (Å²) >= 11 is 0. The molecular weight excluding hydrogens is 398 g/mol. The summed E-state index contributed by atoms with van der Waals surface area (Å²) in [4.78, 5) is 37.3. The van der Waals surface area contributed by atoms with E-state index in [1.807, 2.05) is 18.2 Å². The van der Waals surface area contributed by atoms with Crippen LogP contribution in [0.3, 0.4) is 0 Å². The number of aromatic carboxylic acids is 1. The molecule has 3 rings (SSSR count). The summed E-state index contributed by atoms with van der Waals surface area (Å²) in [5.74, 6) is -2.07. The van der Waals surface area contributed by atoms with Crippen molar-refractivity contribution >= 4 is 23.3 Å². The number of hydrogen-bond donors (Lipinski definition) is 3. The highest BCUT2D eigenvalue weighted by Gasteiger charge is 2.39. The highest BCUT2D eigenvalue weighted by molar-refractivity contribution is 6.02. The van der Waals surface area contributed by atoms with Crippen LogP contribution in [0.1, 0.15) is 65.7 Å². The largest absolute Gasteiger partial charge is 0.505 e. The number of benzene rings is 2. The second kappa shape index (κ2) is 9.64. The lowest BCUT2D eigenvalue weighted by Gasteiger charge is -2.36. The number of Topliss-reactive ketones (excluding diaryl/α,β-unsaturated/α-hetero) is 1. The summed E-state index contributed by atoms with van der Waals surface area (Å²) in [6.45, 7) is 0. The lowest BCUT2D eigenvalue weighted by atomic mass is 9.67. The Morgan fingerprint density at radius 1 is 1.03 bits per heavy atom. The maximum absolute atomic E-state index is 13.3. The number of anilines is 1. The summed E-state index contributed by atoms with van der Waals surface area (Å²) in [6, 6.07) is 11.7. The molecule has 1 fully saturated rings. The molecule has 0 bridgehead atoms. The molecule has 1 saturated carbocycles. The normalized spacial score (nSPS) is 15.1. The van der Waals surface area contributed by atoms with Crippen molar-refractivity contribution in [2.45, 2.75) is 44.9 Å². The molecule has 3 N–H and O–H groups in total. The van der Waals surface area contributed by atoms with E-state index >= 15 is 0 Å². The number of hydrogen-bond acceptors (Lipinski definition) is 5. The number of carboxylic acid groups (broad SMARTS) is 1. The van der Waals surface area contributed by atoms with Gasteiger partial charge in [-0.05, 0) is 31.4 Å². The van der Waals surface area contributed by atoms with Crippen LogP contribution in [0.2, 0.25) is 0 Å². The first-order valence-corrected chi connectivity index (χ1v) is 10.4. The summed E-state index contributed by atoms with van der Waals surface area (Å²) in [5, 5.41) is 22.1. The molecule has 1 aliphatic carbocycles. The van der Waals surface area contributed by atoms with Gasteiger partial charge in [0, 0.05) is 17.4 Å². The average Bonchev–Trinajstić information content (AvgIpc) is 2.79. The van der Waals surface area contributed by atoms with Crippen LogP contribution in [0.15, 0.2) is 42.5 Å².